The Bertz CT molecular complexity index is 891. The number of aromatic nitrogens is 2. The highest BCUT2D eigenvalue weighted by molar-refractivity contribution is 7.09. The van der Waals surface area contributed by atoms with Gasteiger partial charge in [-0.05, 0) is 26.0 Å². The van der Waals surface area contributed by atoms with Crippen molar-refractivity contribution in [3.63, 3.8) is 0 Å². The van der Waals surface area contributed by atoms with Gasteiger partial charge in [0.05, 0.1) is 10.7 Å². The number of aryl methyl sites for hydroxylation is 2. The number of hydrogen-bond donors (Lipinski definition) is 1. The van der Waals surface area contributed by atoms with Gasteiger partial charge in [0.15, 0.2) is 0 Å². The monoisotopic (exact) mass is 345 g/mol. The molecular weight excluding hydrogens is 330 g/mol. The van der Waals surface area contributed by atoms with Crippen LogP contribution in [0, 0.1) is 13.8 Å². The van der Waals surface area contributed by atoms with Gasteiger partial charge in [0.1, 0.15) is 6.54 Å². The van der Waals surface area contributed by atoms with Crippen LogP contribution in [-0.2, 0) is 11.3 Å². The van der Waals surface area contributed by atoms with Gasteiger partial charge in [0.2, 0.25) is 5.91 Å². The summed E-state index contributed by atoms with van der Waals surface area (Å²) in [4.78, 5) is 28.0. The lowest BCUT2D eigenvalue weighted by atomic mass is 10.1. The number of carbonyl (C=O) groups is 1. The van der Waals surface area contributed by atoms with Gasteiger partial charge in [0.25, 0.3) is 0 Å². The molecule has 7 heteroatoms. The molecule has 0 aliphatic rings. The van der Waals surface area contributed by atoms with Gasteiger partial charge in [-0.25, -0.2) is 4.98 Å². The van der Waals surface area contributed by atoms with Crippen LogP contribution >= 0.6 is 22.7 Å². The maximum absolute atomic E-state index is 12.1. The smallest absolute Gasteiger partial charge is 0.307 e. The van der Waals surface area contributed by atoms with Crippen LogP contribution in [0.25, 0.3) is 11.3 Å². The standard InChI is InChI=1S/C16H15N3O2S2/c1-10-8-23-16(21)19(10)7-15(20)18-13-5-3-12(4-6-13)14-9-22-11(2)17-14/h3-6,8-9H,7H2,1-2H3,(H,18,20). The third-order valence-corrected chi connectivity index (χ3v) is 5.02. The number of amides is 1. The molecule has 3 rings (SSSR count). The van der Waals surface area contributed by atoms with E-state index < -0.39 is 0 Å². The Balaban J connectivity index is 1.68. The zero-order valence-electron chi connectivity index (χ0n) is 12.7. The first-order chi connectivity index (χ1) is 11.0. The summed E-state index contributed by atoms with van der Waals surface area (Å²) in [6, 6.07) is 7.52. The SMILES string of the molecule is Cc1nc(-c2ccc(NC(=O)Cn3c(C)csc3=O)cc2)cs1. The molecule has 0 aliphatic heterocycles. The molecule has 3 aromatic rings. The van der Waals surface area contributed by atoms with E-state index in [0.29, 0.717) is 5.69 Å². The normalized spacial score (nSPS) is 10.7. The number of hydrogen-bond acceptors (Lipinski definition) is 5. The summed E-state index contributed by atoms with van der Waals surface area (Å²) in [5.41, 5.74) is 3.44. The van der Waals surface area contributed by atoms with E-state index in [-0.39, 0.29) is 17.3 Å². The Morgan fingerprint density at radius 3 is 2.48 bits per heavy atom. The van der Waals surface area contributed by atoms with Crippen molar-refractivity contribution in [2.45, 2.75) is 20.4 Å². The predicted molar refractivity (Wildman–Crippen MR) is 94.2 cm³/mol. The van der Waals surface area contributed by atoms with Crippen LogP contribution in [0.1, 0.15) is 10.7 Å². The Kier molecular flexibility index (Phi) is 4.40. The third-order valence-electron chi connectivity index (χ3n) is 3.36. The van der Waals surface area contributed by atoms with E-state index in [4.69, 9.17) is 0 Å². The van der Waals surface area contributed by atoms with E-state index in [2.05, 4.69) is 10.3 Å². The number of thiazole rings is 2. The summed E-state index contributed by atoms with van der Waals surface area (Å²) < 4.78 is 1.46. The van der Waals surface area contributed by atoms with Crippen molar-refractivity contribution < 1.29 is 4.79 Å². The fourth-order valence-electron chi connectivity index (χ4n) is 2.16. The van der Waals surface area contributed by atoms with E-state index in [1.165, 1.54) is 4.57 Å². The van der Waals surface area contributed by atoms with E-state index in [1.807, 2.05) is 43.5 Å². The number of anilines is 1. The Morgan fingerprint density at radius 2 is 1.91 bits per heavy atom. The van der Waals surface area contributed by atoms with Crippen LogP contribution in [0.5, 0.6) is 0 Å². The molecule has 0 saturated carbocycles. The number of benzene rings is 1. The second kappa shape index (κ2) is 6.47. The lowest BCUT2D eigenvalue weighted by molar-refractivity contribution is -0.116. The van der Waals surface area contributed by atoms with E-state index in [1.54, 1.807) is 16.7 Å². The van der Waals surface area contributed by atoms with Gasteiger partial charge in [0, 0.05) is 27.7 Å². The predicted octanol–water partition coefficient (Wildman–Crippen LogP) is 3.29. The fraction of sp³-hybridized carbons (Fsp3) is 0.188. The molecule has 118 valence electrons. The molecule has 1 aromatic carbocycles. The van der Waals surface area contributed by atoms with Crippen LogP contribution in [-0.4, -0.2) is 15.5 Å². The minimum absolute atomic E-state index is 0.0290. The van der Waals surface area contributed by atoms with E-state index in [0.717, 1.165) is 33.3 Å². The lowest BCUT2D eigenvalue weighted by Crippen LogP contribution is -2.25. The second-order valence-corrected chi connectivity index (χ2v) is 6.99. The molecule has 0 fully saturated rings. The van der Waals surface area contributed by atoms with E-state index in [9.17, 15) is 9.59 Å². The molecule has 0 atom stereocenters. The number of nitrogens with zero attached hydrogens (tertiary/aromatic N) is 2. The lowest BCUT2D eigenvalue weighted by Gasteiger charge is -2.07. The number of carbonyl (C=O) groups excluding carboxylic acids is 1. The van der Waals surface area contributed by atoms with Crippen molar-refractivity contribution in [1.82, 2.24) is 9.55 Å². The van der Waals surface area contributed by atoms with Crippen molar-refractivity contribution in [2.24, 2.45) is 0 Å². The van der Waals surface area contributed by atoms with Crippen LogP contribution in [0.3, 0.4) is 0 Å². The Labute approximate surface area is 141 Å². The molecule has 2 heterocycles. The minimum atomic E-state index is -0.217. The van der Waals surface area contributed by atoms with Crippen molar-refractivity contribution in [3.05, 3.63) is 55.4 Å². The molecule has 0 spiro atoms. The van der Waals surface area contributed by atoms with Crippen molar-refractivity contribution >= 4 is 34.3 Å². The zero-order valence-corrected chi connectivity index (χ0v) is 14.3. The molecule has 0 saturated heterocycles. The van der Waals surface area contributed by atoms with Gasteiger partial charge in [-0.2, -0.15) is 0 Å². The van der Waals surface area contributed by atoms with Crippen molar-refractivity contribution in [2.75, 3.05) is 5.32 Å². The molecule has 0 bridgehead atoms. The topological polar surface area (TPSA) is 64.0 Å². The van der Waals surface area contributed by atoms with Crippen LogP contribution in [0.15, 0.2) is 39.8 Å². The van der Waals surface area contributed by atoms with Gasteiger partial charge in [-0.3, -0.25) is 14.2 Å². The Morgan fingerprint density at radius 1 is 1.17 bits per heavy atom. The molecule has 0 unspecified atom stereocenters. The molecule has 1 amide bonds. The molecular formula is C16H15N3O2S2. The first kappa shape index (κ1) is 15.6. The first-order valence-electron chi connectivity index (χ1n) is 7.00. The highest BCUT2D eigenvalue weighted by Gasteiger charge is 2.09. The summed E-state index contributed by atoms with van der Waals surface area (Å²) in [6.07, 6.45) is 0. The van der Waals surface area contributed by atoms with E-state index >= 15 is 0 Å². The highest BCUT2D eigenvalue weighted by Crippen LogP contribution is 2.23. The molecule has 0 radical (unpaired) electrons. The summed E-state index contributed by atoms with van der Waals surface area (Å²) in [7, 11) is 0. The summed E-state index contributed by atoms with van der Waals surface area (Å²) in [5, 5.41) is 7.59. The molecule has 5 nitrogen and oxygen atoms in total. The first-order valence-corrected chi connectivity index (χ1v) is 8.76. The molecule has 1 N–H and O–H groups in total. The maximum Gasteiger partial charge on any atom is 0.307 e. The zero-order chi connectivity index (χ0) is 16.4. The molecule has 0 aliphatic carbocycles. The van der Waals surface area contributed by atoms with Gasteiger partial charge < -0.3 is 5.32 Å². The summed E-state index contributed by atoms with van der Waals surface area (Å²) >= 11 is 2.71. The highest BCUT2D eigenvalue weighted by atomic mass is 32.1. The van der Waals surface area contributed by atoms with Crippen molar-refractivity contribution in [1.29, 1.82) is 0 Å². The summed E-state index contributed by atoms with van der Waals surface area (Å²) in [6.45, 7) is 3.81. The second-order valence-electron chi connectivity index (χ2n) is 5.11. The van der Waals surface area contributed by atoms with Crippen molar-refractivity contribution in [3.8, 4) is 11.3 Å². The average Bonchev–Trinajstić information content (AvgIpc) is 3.09. The average molecular weight is 345 g/mol. The quantitative estimate of drug-likeness (QED) is 0.789. The maximum atomic E-state index is 12.1. The third kappa shape index (κ3) is 3.57. The van der Waals surface area contributed by atoms with Gasteiger partial charge >= 0.3 is 4.87 Å². The molecule has 2 aromatic heterocycles. The Hall–Kier alpha value is -2.25. The van der Waals surface area contributed by atoms with Crippen LogP contribution in [0.2, 0.25) is 0 Å². The van der Waals surface area contributed by atoms with Gasteiger partial charge in [-0.1, -0.05) is 23.5 Å². The fourth-order valence-corrected chi connectivity index (χ4v) is 3.52. The minimum Gasteiger partial charge on any atom is -0.325 e. The van der Waals surface area contributed by atoms with Gasteiger partial charge in [-0.15, -0.1) is 11.3 Å². The van der Waals surface area contributed by atoms with Crippen LogP contribution in [0.4, 0.5) is 5.69 Å². The molecule has 23 heavy (non-hydrogen) atoms. The number of rotatable bonds is 4. The largest absolute Gasteiger partial charge is 0.325 e. The number of nitrogens with one attached hydrogen (secondary N) is 1. The summed E-state index contributed by atoms with van der Waals surface area (Å²) in [5.74, 6) is -0.217. The van der Waals surface area contributed by atoms with Crippen LogP contribution < -0.4 is 10.2 Å².